The number of aldehydes is 1. The molecule has 29 heavy (non-hydrogen) atoms. The molecule has 1 unspecified atom stereocenters. The van der Waals surface area contributed by atoms with Gasteiger partial charge in [-0.25, -0.2) is 0 Å². The molecule has 1 N–H and O–H groups in total. The van der Waals surface area contributed by atoms with Crippen molar-refractivity contribution in [3.63, 3.8) is 0 Å². The zero-order chi connectivity index (χ0) is 20.9. The number of rotatable bonds is 8. The largest absolute Gasteiger partial charge is 0.369 e. The van der Waals surface area contributed by atoms with E-state index in [0.717, 1.165) is 43.6 Å². The van der Waals surface area contributed by atoms with Gasteiger partial charge >= 0.3 is 0 Å². The van der Waals surface area contributed by atoms with Crippen molar-refractivity contribution in [2.45, 2.75) is 25.3 Å². The molecule has 0 amide bonds. The molecule has 1 aliphatic rings. The summed E-state index contributed by atoms with van der Waals surface area (Å²) in [6.07, 6.45) is 2.15. The number of nitrogens with one attached hydrogen (secondary N) is 1. The quantitative estimate of drug-likeness (QED) is 0.552. The van der Waals surface area contributed by atoms with Crippen molar-refractivity contribution in [1.29, 1.82) is 0 Å². The zero-order valence-corrected chi connectivity index (χ0v) is 17.6. The third-order valence-electron chi connectivity index (χ3n) is 6.09. The molecule has 0 bridgehead atoms. The first-order valence-corrected chi connectivity index (χ1v) is 10.3. The molecule has 5 heteroatoms. The first-order valence-electron chi connectivity index (χ1n) is 10.3. The predicted octanol–water partition coefficient (Wildman–Crippen LogP) is 3.04. The summed E-state index contributed by atoms with van der Waals surface area (Å²) in [5.74, 6) is 0.135. The lowest BCUT2D eigenvalue weighted by Gasteiger charge is -2.38. The van der Waals surface area contributed by atoms with E-state index in [4.69, 9.17) is 0 Å². The van der Waals surface area contributed by atoms with Crippen LogP contribution in [0.5, 0.6) is 0 Å². The third-order valence-corrected chi connectivity index (χ3v) is 6.09. The maximum absolute atomic E-state index is 13.6. The van der Waals surface area contributed by atoms with Gasteiger partial charge in [-0.15, -0.1) is 0 Å². The normalized spacial score (nSPS) is 16.5. The highest BCUT2D eigenvalue weighted by Crippen LogP contribution is 2.29. The van der Waals surface area contributed by atoms with Gasteiger partial charge in [-0.2, -0.15) is 0 Å². The Kier molecular flexibility index (Phi) is 6.83. The topological polar surface area (TPSA) is 52.7 Å². The molecule has 1 saturated heterocycles. The number of anilines is 1. The fourth-order valence-corrected chi connectivity index (χ4v) is 4.11. The van der Waals surface area contributed by atoms with Crippen LogP contribution < -0.4 is 10.2 Å². The lowest BCUT2D eigenvalue weighted by molar-refractivity contribution is 0.0666. The van der Waals surface area contributed by atoms with E-state index in [0.29, 0.717) is 18.4 Å². The number of hydrogen-bond donors (Lipinski definition) is 1. The number of benzene rings is 2. The van der Waals surface area contributed by atoms with Gasteiger partial charge in [0.2, 0.25) is 0 Å². The van der Waals surface area contributed by atoms with Crippen LogP contribution in [0.2, 0.25) is 0 Å². The second kappa shape index (κ2) is 9.33. The van der Waals surface area contributed by atoms with Crippen LogP contribution in [0.1, 0.15) is 39.6 Å². The molecule has 5 nitrogen and oxygen atoms in total. The number of carbonyl (C=O) groups excluding carboxylic acids is 2. The molecule has 1 aliphatic heterocycles. The predicted molar refractivity (Wildman–Crippen MR) is 118 cm³/mol. The Hall–Kier alpha value is -2.50. The van der Waals surface area contributed by atoms with E-state index in [-0.39, 0.29) is 5.78 Å². The Morgan fingerprint density at radius 1 is 1.07 bits per heavy atom. The van der Waals surface area contributed by atoms with Crippen LogP contribution in [-0.4, -0.2) is 62.8 Å². The average molecular weight is 394 g/mol. The minimum atomic E-state index is -0.626. The van der Waals surface area contributed by atoms with Crippen molar-refractivity contribution in [2.75, 3.05) is 45.2 Å². The van der Waals surface area contributed by atoms with Gasteiger partial charge in [0.25, 0.3) is 0 Å². The van der Waals surface area contributed by atoms with Crippen molar-refractivity contribution in [2.24, 2.45) is 0 Å². The first-order chi connectivity index (χ1) is 14.0. The highest BCUT2D eigenvalue weighted by Gasteiger charge is 2.39. The molecule has 2 aromatic rings. The van der Waals surface area contributed by atoms with Crippen molar-refractivity contribution in [3.8, 4) is 0 Å². The molecular formula is C24H31N3O2. The number of carbonyl (C=O) groups is 2. The lowest BCUT2D eigenvalue weighted by atomic mass is 9.80. The van der Waals surface area contributed by atoms with E-state index in [1.165, 1.54) is 5.69 Å². The first kappa shape index (κ1) is 21.2. The smallest absolute Gasteiger partial charge is 0.183 e. The molecule has 2 aromatic carbocycles. The van der Waals surface area contributed by atoms with Gasteiger partial charge in [-0.3, -0.25) is 14.5 Å². The van der Waals surface area contributed by atoms with Gasteiger partial charge < -0.3 is 10.2 Å². The van der Waals surface area contributed by atoms with Crippen molar-refractivity contribution in [1.82, 2.24) is 10.2 Å². The van der Waals surface area contributed by atoms with E-state index in [9.17, 15) is 9.59 Å². The second-order valence-corrected chi connectivity index (χ2v) is 7.93. The Labute approximate surface area is 173 Å². The molecular weight excluding hydrogens is 362 g/mol. The minimum absolute atomic E-state index is 0.135. The molecule has 1 fully saturated rings. The number of Topliss-reactive ketones (excluding diaryl/α,β-unsaturated/α-hetero) is 1. The molecule has 0 aromatic heterocycles. The molecule has 154 valence electrons. The average Bonchev–Trinajstić information content (AvgIpc) is 2.78. The monoisotopic (exact) mass is 393 g/mol. The summed E-state index contributed by atoms with van der Waals surface area (Å²) in [5.41, 5.74) is 2.98. The maximum Gasteiger partial charge on any atom is 0.183 e. The zero-order valence-electron chi connectivity index (χ0n) is 17.6. The molecule has 1 heterocycles. The van der Waals surface area contributed by atoms with Crippen LogP contribution in [0.3, 0.4) is 0 Å². The number of nitrogens with zero attached hydrogens (tertiary/aromatic N) is 2. The minimum Gasteiger partial charge on any atom is -0.369 e. The van der Waals surface area contributed by atoms with Crippen molar-refractivity contribution >= 4 is 17.8 Å². The lowest BCUT2D eigenvalue weighted by Crippen LogP contribution is -2.52. The highest BCUT2D eigenvalue weighted by atomic mass is 16.1. The summed E-state index contributed by atoms with van der Waals surface area (Å²) in [6, 6.07) is 15.6. The molecule has 1 atom stereocenters. The second-order valence-electron chi connectivity index (χ2n) is 7.93. The number of ketones is 1. The number of piperazine rings is 1. The number of likely N-dealkylation sites (N-methyl/N-ethyl adjacent to an activating group) is 1. The van der Waals surface area contributed by atoms with E-state index >= 15 is 0 Å². The maximum atomic E-state index is 13.6. The SMILES string of the molecule is CCC(Cc1ccc(C=O)cc1)(C(=O)c1ccc(N2CCNCC2)cc1)N(C)C. The molecule has 0 aliphatic carbocycles. The molecule has 3 rings (SSSR count). The van der Waals surface area contributed by atoms with Crippen LogP contribution >= 0.6 is 0 Å². The summed E-state index contributed by atoms with van der Waals surface area (Å²) in [7, 11) is 3.94. The van der Waals surface area contributed by atoms with Gasteiger partial charge in [0, 0.05) is 43.0 Å². The van der Waals surface area contributed by atoms with Crippen molar-refractivity contribution < 1.29 is 9.59 Å². The third kappa shape index (κ3) is 4.57. The van der Waals surface area contributed by atoms with Crippen molar-refractivity contribution in [3.05, 3.63) is 65.2 Å². The summed E-state index contributed by atoms with van der Waals surface area (Å²) >= 11 is 0. The molecule has 0 radical (unpaired) electrons. The van der Waals surface area contributed by atoms with Gasteiger partial charge in [0.05, 0.1) is 5.54 Å². The standard InChI is InChI=1S/C24H31N3O2/c1-4-24(26(2)3,17-19-5-7-20(18-28)8-6-19)23(29)21-9-11-22(12-10-21)27-15-13-25-14-16-27/h5-12,18,25H,4,13-17H2,1-3H3. The molecule has 0 saturated carbocycles. The van der Waals surface area contributed by atoms with E-state index in [2.05, 4.69) is 29.3 Å². The summed E-state index contributed by atoms with van der Waals surface area (Å²) in [4.78, 5) is 28.9. The van der Waals surface area contributed by atoms with Crippen LogP contribution in [-0.2, 0) is 6.42 Å². The molecule has 0 spiro atoms. The van der Waals surface area contributed by atoms with Gasteiger partial charge in [-0.1, -0.05) is 31.2 Å². The fourth-order valence-electron chi connectivity index (χ4n) is 4.11. The summed E-state index contributed by atoms with van der Waals surface area (Å²) in [5, 5.41) is 3.36. The Morgan fingerprint density at radius 2 is 1.69 bits per heavy atom. The van der Waals surface area contributed by atoms with Gasteiger partial charge in [0.15, 0.2) is 5.78 Å². The van der Waals surface area contributed by atoms with Gasteiger partial charge in [0.1, 0.15) is 6.29 Å². The van der Waals surface area contributed by atoms with Crippen LogP contribution in [0.15, 0.2) is 48.5 Å². The summed E-state index contributed by atoms with van der Waals surface area (Å²) in [6.45, 7) is 6.01. The Balaban J connectivity index is 1.85. The fraction of sp³-hybridized carbons (Fsp3) is 0.417. The Morgan fingerprint density at radius 3 is 2.21 bits per heavy atom. The van der Waals surface area contributed by atoms with E-state index in [1.807, 2.05) is 55.4 Å². The van der Waals surface area contributed by atoms with E-state index in [1.54, 1.807) is 0 Å². The Bertz CT molecular complexity index is 824. The highest BCUT2D eigenvalue weighted by molar-refractivity contribution is 6.03. The van der Waals surface area contributed by atoms with E-state index < -0.39 is 5.54 Å². The van der Waals surface area contributed by atoms with Gasteiger partial charge in [-0.05, 0) is 56.8 Å². The van der Waals surface area contributed by atoms with Crippen LogP contribution in [0.25, 0.3) is 0 Å². The van der Waals surface area contributed by atoms with Crippen LogP contribution in [0, 0.1) is 0 Å². The summed E-state index contributed by atoms with van der Waals surface area (Å²) < 4.78 is 0. The number of hydrogen-bond acceptors (Lipinski definition) is 5. The van der Waals surface area contributed by atoms with Crippen LogP contribution in [0.4, 0.5) is 5.69 Å².